The zero-order chi connectivity index (χ0) is 35.6. The van der Waals surface area contributed by atoms with E-state index in [1.807, 2.05) is 60.7 Å². The molecule has 2 heterocycles. The third kappa shape index (κ3) is 6.23. The van der Waals surface area contributed by atoms with Gasteiger partial charge in [0.15, 0.2) is 17.5 Å². The number of para-hydroxylation sites is 2. The summed E-state index contributed by atoms with van der Waals surface area (Å²) in [7, 11) is 0. The minimum atomic E-state index is 0.230. The number of hydrogen-bond acceptors (Lipinski definition) is 5. The summed E-state index contributed by atoms with van der Waals surface area (Å²) in [5, 5.41) is 3.67. The molecule has 1 N–H and O–H groups in total. The average Bonchev–Trinajstić information content (AvgIpc) is 3.63. The van der Waals surface area contributed by atoms with E-state index >= 15 is 0 Å². The van der Waals surface area contributed by atoms with Gasteiger partial charge in [0.05, 0.1) is 11.4 Å². The van der Waals surface area contributed by atoms with Crippen molar-refractivity contribution in [1.82, 2.24) is 15.0 Å². The summed E-state index contributed by atoms with van der Waals surface area (Å²) >= 11 is 0. The van der Waals surface area contributed by atoms with Gasteiger partial charge < -0.3 is 10.2 Å². The molecule has 8 aromatic rings. The molecular formula is C48H37N5. The van der Waals surface area contributed by atoms with Crippen molar-refractivity contribution in [3.05, 3.63) is 182 Å². The number of nitrogens with one attached hydrogen (secondary N) is 1. The van der Waals surface area contributed by atoms with E-state index < -0.39 is 0 Å². The van der Waals surface area contributed by atoms with E-state index in [1.54, 1.807) is 0 Å². The van der Waals surface area contributed by atoms with Gasteiger partial charge in [-0.3, -0.25) is 0 Å². The predicted molar refractivity (Wildman–Crippen MR) is 219 cm³/mol. The highest BCUT2D eigenvalue weighted by Gasteiger charge is 2.28. The molecule has 0 spiro atoms. The van der Waals surface area contributed by atoms with Crippen LogP contribution in [0, 0.1) is 0 Å². The standard InChI is InChI=1S/C48H37N5/c1-2-45-49-43-26-13-14-27-44(43)53(45)38-30-28-33(29-31-38)36-20-15-21-37(32-36)39-22-9-10-23-40(39)41-24-11-12-25-42(41)48-51-46(34-16-5-3-6-17-34)50-47(52-48)35-18-7-4-8-19-35/h3-32,45,49H,2H2,1H3. The van der Waals surface area contributed by atoms with Crippen LogP contribution in [0.3, 0.4) is 0 Å². The highest BCUT2D eigenvalue weighted by atomic mass is 15.3. The summed E-state index contributed by atoms with van der Waals surface area (Å²) in [6, 6.07) is 63.6. The zero-order valence-electron chi connectivity index (χ0n) is 29.4. The molecule has 0 saturated heterocycles. The Bertz CT molecular complexity index is 2470. The first-order valence-corrected chi connectivity index (χ1v) is 18.1. The van der Waals surface area contributed by atoms with E-state index in [9.17, 15) is 0 Å². The first kappa shape index (κ1) is 32.1. The Balaban J connectivity index is 1.10. The second-order valence-corrected chi connectivity index (χ2v) is 13.2. The molecule has 9 rings (SSSR count). The van der Waals surface area contributed by atoms with Gasteiger partial charge in [0.2, 0.25) is 0 Å². The number of fused-ring (bicyclic) bond motifs is 1. The summed E-state index contributed by atoms with van der Waals surface area (Å²) in [6.45, 7) is 2.22. The lowest BCUT2D eigenvalue weighted by atomic mass is 9.90. The number of aromatic nitrogens is 3. The van der Waals surface area contributed by atoms with Crippen molar-refractivity contribution >= 4 is 17.1 Å². The van der Waals surface area contributed by atoms with Crippen molar-refractivity contribution in [1.29, 1.82) is 0 Å². The molecule has 0 aliphatic carbocycles. The fourth-order valence-electron chi connectivity index (χ4n) is 7.31. The van der Waals surface area contributed by atoms with Gasteiger partial charge in [-0.05, 0) is 70.1 Å². The van der Waals surface area contributed by atoms with Crippen LogP contribution >= 0.6 is 0 Å². The normalized spacial score (nSPS) is 13.4. The highest BCUT2D eigenvalue weighted by Crippen LogP contribution is 2.42. The maximum absolute atomic E-state index is 5.07. The van der Waals surface area contributed by atoms with Gasteiger partial charge in [0, 0.05) is 22.4 Å². The van der Waals surface area contributed by atoms with Crippen molar-refractivity contribution in [2.24, 2.45) is 0 Å². The Morgan fingerprint density at radius 2 is 0.943 bits per heavy atom. The van der Waals surface area contributed by atoms with Crippen molar-refractivity contribution < 1.29 is 0 Å². The Kier molecular flexibility index (Phi) is 8.50. The summed E-state index contributed by atoms with van der Waals surface area (Å²) in [5.74, 6) is 1.93. The van der Waals surface area contributed by atoms with Gasteiger partial charge in [0.1, 0.15) is 6.17 Å². The van der Waals surface area contributed by atoms with Crippen LogP contribution in [-0.4, -0.2) is 21.1 Å². The van der Waals surface area contributed by atoms with Crippen LogP contribution in [0.5, 0.6) is 0 Å². The zero-order valence-corrected chi connectivity index (χ0v) is 29.4. The quantitative estimate of drug-likeness (QED) is 0.173. The van der Waals surface area contributed by atoms with Gasteiger partial charge in [-0.1, -0.05) is 159 Å². The molecule has 0 radical (unpaired) electrons. The number of benzene rings is 7. The van der Waals surface area contributed by atoms with E-state index in [0.29, 0.717) is 17.5 Å². The molecule has 1 unspecified atom stereocenters. The van der Waals surface area contributed by atoms with Crippen LogP contribution in [0.25, 0.3) is 67.5 Å². The molecule has 1 aliphatic rings. The number of rotatable bonds is 8. The number of nitrogens with zero attached hydrogens (tertiary/aromatic N) is 4. The second-order valence-electron chi connectivity index (χ2n) is 13.2. The summed E-state index contributed by atoms with van der Waals surface area (Å²) < 4.78 is 0. The molecule has 0 bridgehead atoms. The van der Waals surface area contributed by atoms with Crippen molar-refractivity contribution in [2.75, 3.05) is 10.2 Å². The SMILES string of the molecule is CCC1Nc2ccccc2N1c1ccc(-c2cccc(-c3ccccc3-c3ccccc3-c3nc(-c4ccccc4)nc(-c4ccccc4)n3)c2)cc1. The highest BCUT2D eigenvalue weighted by molar-refractivity contribution is 5.92. The van der Waals surface area contributed by atoms with Crippen LogP contribution in [0.4, 0.5) is 17.1 Å². The molecule has 5 heteroatoms. The maximum Gasteiger partial charge on any atom is 0.164 e. The van der Waals surface area contributed by atoms with Gasteiger partial charge in [-0.25, -0.2) is 15.0 Å². The van der Waals surface area contributed by atoms with E-state index in [4.69, 9.17) is 15.0 Å². The van der Waals surface area contributed by atoms with Crippen LogP contribution < -0.4 is 10.2 Å². The Morgan fingerprint density at radius 3 is 1.60 bits per heavy atom. The molecule has 53 heavy (non-hydrogen) atoms. The lowest BCUT2D eigenvalue weighted by Gasteiger charge is -2.26. The molecule has 1 aliphatic heterocycles. The van der Waals surface area contributed by atoms with Crippen LogP contribution in [0.2, 0.25) is 0 Å². The molecule has 0 fully saturated rings. The Labute approximate surface area is 310 Å². The minimum Gasteiger partial charge on any atom is -0.363 e. The van der Waals surface area contributed by atoms with E-state index in [2.05, 4.69) is 138 Å². The number of anilines is 3. The van der Waals surface area contributed by atoms with Crippen LogP contribution in [-0.2, 0) is 0 Å². The third-order valence-electron chi connectivity index (χ3n) is 9.92. The molecule has 5 nitrogen and oxygen atoms in total. The second kappa shape index (κ2) is 14.0. The van der Waals surface area contributed by atoms with Crippen molar-refractivity contribution in [2.45, 2.75) is 19.5 Å². The summed E-state index contributed by atoms with van der Waals surface area (Å²) in [5.41, 5.74) is 13.2. The minimum absolute atomic E-state index is 0.230. The topological polar surface area (TPSA) is 53.9 Å². The summed E-state index contributed by atoms with van der Waals surface area (Å²) in [6.07, 6.45) is 1.23. The average molecular weight is 684 g/mol. The molecule has 1 aromatic heterocycles. The molecule has 1 atom stereocenters. The van der Waals surface area contributed by atoms with Crippen molar-refractivity contribution in [3.8, 4) is 67.5 Å². The predicted octanol–water partition coefficient (Wildman–Crippen LogP) is 12.2. The van der Waals surface area contributed by atoms with Crippen LogP contribution in [0.1, 0.15) is 13.3 Å². The van der Waals surface area contributed by atoms with Crippen LogP contribution in [0.15, 0.2) is 182 Å². The van der Waals surface area contributed by atoms with Gasteiger partial charge in [-0.15, -0.1) is 0 Å². The van der Waals surface area contributed by atoms with E-state index in [-0.39, 0.29) is 6.17 Å². The molecule has 0 amide bonds. The third-order valence-corrected chi connectivity index (χ3v) is 9.92. The van der Waals surface area contributed by atoms with Gasteiger partial charge in [-0.2, -0.15) is 0 Å². The molecule has 0 saturated carbocycles. The smallest absolute Gasteiger partial charge is 0.164 e. The molecular weight excluding hydrogens is 647 g/mol. The fraction of sp³-hybridized carbons (Fsp3) is 0.0625. The summed E-state index contributed by atoms with van der Waals surface area (Å²) in [4.78, 5) is 17.5. The first-order valence-electron chi connectivity index (χ1n) is 18.1. The number of hydrogen-bond donors (Lipinski definition) is 1. The lowest BCUT2D eigenvalue weighted by Crippen LogP contribution is -2.30. The monoisotopic (exact) mass is 683 g/mol. The van der Waals surface area contributed by atoms with Gasteiger partial charge >= 0.3 is 0 Å². The Morgan fingerprint density at radius 1 is 0.434 bits per heavy atom. The van der Waals surface area contributed by atoms with E-state index in [0.717, 1.165) is 45.4 Å². The molecule has 7 aromatic carbocycles. The Hall–Kier alpha value is -6.85. The maximum atomic E-state index is 5.07. The van der Waals surface area contributed by atoms with Gasteiger partial charge in [0.25, 0.3) is 0 Å². The molecule has 254 valence electrons. The fourth-order valence-corrected chi connectivity index (χ4v) is 7.31. The lowest BCUT2D eigenvalue weighted by molar-refractivity contribution is 0.728. The largest absolute Gasteiger partial charge is 0.363 e. The van der Waals surface area contributed by atoms with E-state index in [1.165, 1.54) is 28.2 Å². The first-order chi connectivity index (χ1) is 26.2. The van der Waals surface area contributed by atoms with Crippen molar-refractivity contribution in [3.63, 3.8) is 0 Å².